The van der Waals surface area contributed by atoms with Gasteiger partial charge in [-0.3, -0.25) is 0 Å². The molecule has 0 bridgehead atoms. The molecule has 0 aliphatic carbocycles. The quantitative estimate of drug-likeness (QED) is 0.505. The van der Waals surface area contributed by atoms with E-state index in [1.807, 2.05) is 60.6 Å². The van der Waals surface area contributed by atoms with E-state index in [2.05, 4.69) is 13.2 Å². The fourth-order valence-corrected chi connectivity index (χ4v) is 0.232. The highest BCUT2D eigenvalue weighted by Gasteiger charge is 1.65. The van der Waals surface area contributed by atoms with E-state index in [-0.39, 0.29) is 0 Å². The molecular formula is C13H28. The van der Waals surface area contributed by atoms with Gasteiger partial charge in [0.15, 0.2) is 0 Å². The topological polar surface area (TPSA) is 0 Å². The van der Waals surface area contributed by atoms with E-state index in [1.165, 1.54) is 0 Å². The van der Waals surface area contributed by atoms with Crippen molar-refractivity contribution in [3.8, 4) is 0 Å². The van der Waals surface area contributed by atoms with Crippen LogP contribution in [0.1, 0.15) is 48.5 Å². The van der Waals surface area contributed by atoms with Crippen LogP contribution in [0.2, 0.25) is 0 Å². The van der Waals surface area contributed by atoms with Crippen molar-refractivity contribution in [2.24, 2.45) is 0 Å². The summed E-state index contributed by atoms with van der Waals surface area (Å²) in [7, 11) is 0. The van der Waals surface area contributed by atoms with Gasteiger partial charge in [0, 0.05) is 0 Å². The summed E-state index contributed by atoms with van der Waals surface area (Å²) in [5.41, 5.74) is 1.06. The molecule has 0 radical (unpaired) electrons. The van der Waals surface area contributed by atoms with Gasteiger partial charge in [0.25, 0.3) is 0 Å². The minimum absolute atomic E-state index is 1.06. The van der Waals surface area contributed by atoms with Gasteiger partial charge >= 0.3 is 0 Å². The van der Waals surface area contributed by atoms with Crippen LogP contribution in [-0.4, -0.2) is 0 Å². The smallest absolute Gasteiger partial charge is 0.0404 e. The van der Waals surface area contributed by atoms with Gasteiger partial charge in [-0.25, -0.2) is 0 Å². The van der Waals surface area contributed by atoms with Crippen LogP contribution >= 0.6 is 0 Å². The van der Waals surface area contributed by atoms with Crippen molar-refractivity contribution in [3.63, 3.8) is 0 Å². The summed E-state index contributed by atoms with van der Waals surface area (Å²) in [5, 5.41) is 0. The standard InChI is InChI=1S/C7H10.3C2H6/c1-4-5-6-7(2)3;3*1-2/h4-6H,1-2H2,3H3;3*1-2H3/b6-5-;;;. The van der Waals surface area contributed by atoms with Gasteiger partial charge in [-0.15, -0.1) is 0 Å². The average molecular weight is 184 g/mol. The maximum absolute atomic E-state index is 3.66. The zero-order valence-electron chi connectivity index (χ0n) is 10.6. The zero-order valence-corrected chi connectivity index (χ0v) is 10.6. The van der Waals surface area contributed by atoms with E-state index in [1.54, 1.807) is 6.08 Å². The van der Waals surface area contributed by atoms with Crippen LogP contribution in [0.15, 0.2) is 37.0 Å². The van der Waals surface area contributed by atoms with Gasteiger partial charge in [0.1, 0.15) is 0 Å². The van der Waals surface area contributed by atoms with Crippen molar-refractivity contribution >= 4 is 0 Å². The van der Waals surface area contributed by atoms with Gasteiger partial charge in [-0.05, 0) is 6.92 Å². The van der Waals surface area contributed by atoms with E-state index in [0.717, 1.165) is 5.57 Å². The first-order valence-electron chi connectivity index (χ1n) is 5.22. The Morgan fingerprint density at radius 1 is 0.923 bits per heavy atom. The third-order valence-electron chi connectivity index (χ3n) is 0.517. The van der Waals surface area contributed by atoms with Crippen LogP contribution in [0, 0.1) is 0 Å². The second-order valence-corrected chi connectivity index (χ2v) is 1.44. The molecule has 0 spiro atoms. The van der Waals surface area contributed by atoms with Crippen molar-refractivity contribution in [2.75, 3.05) is 0 Å². The predicted molar refractivity (Wildman–Crippen MR) is 68.2 cm³/mol. The maximum Gasteiger partial charge on any atom is -0.0404 e. The predicted octanol–water partition coefficient (Wildman–Crippen LogP) is 5.38. The molecular weight excluding hydrogens is 156 g/mol. The lowest BCUT2D eigenvalue weighted by Crippen LogP contribution is -1.55. The van der Waals surface area contributed by atoms with E-state index in [4.69, 9.17) is 0 Å². The lowest BCUT2D eigenvalue weighted by atomic mass is 10.3. The largest absolute Gasteiger partial charge is 0.0991 e. The number of hydrogen-bond donors (Lipinski definition) is 0. The minimum atomic E-state index is 1.06. The molecule has 80 valence electrons. The van der Waals surface area contributed by atoms with E-state index < -0.39 is 0 Å². The molecule has 0 rings (SSSR count). The summed E-state index contributed by atoms with van der Waals surface area (Å²) in [4.78, 5) is 0. The average Bonchev–Trinajstić information content (AvgIpc) is 2.24. The monoisotopic (exact) mass is 184 g/mol. The second kappa shape index (κ2) is 43.0. The Morgan fingerprint density at radius 3 is 1.31 bits per heavy atom. The molecule has 0 aromatic rings. The summed E-state index contributed by atoms with van der Waals surface area (Å²) in [5.74, 6) is 0. The molecule has 13 heavy (non-hydrogen) atoms. The third kappa shape index (κ3) is 92.0. The molecule has 0 aliphatic rings. The highest BCUT2D eigenvalue weighted by atomic mass is 13.7. The van der Waals surface area contributed by atoms with Crippen LogP contribution in [0.4, 0.5) is 0 Å². The summed E-state index contributed by atoms with van der Waals surface area (Å²) < 4.78 is 0. The Bertz CT molecular complexity index is 96.6. The molecule has 0 atom stereocenters. The molecule has 0 saturated heterocycles. The fraction of sp³-hybridized carbons (Fsp3) is 0.538. The van der Waals surface area contributed by atoms with E-state index >= 15 is 0 Å². The Balaban J connectivity index is -0.0000000573. The Hall–Kier alpha value is -0.780. The SMILES string of the molecule is C=C/C=C\C(=C)C.CC.CC.CC. The first-order chi connectivity index (χ1) is 6.27. The molecule has 0 aliphatic heterocycles. The summed E-state index contributed by atoms with van der Waals surface area (Å²) in [6, 6.07) is 0. The number of rotatable bonds is 2. The molecule has 0 heteroatoms. The molecule has 0 heterocycles. The van der Waals surface area contributed by atoms with Crippen molar-refractivity contribution in [3.05, 3.63) is 37.0 Å². The van der Waals surface area contributed by atoms with Crippen molar-refractivity contribution in [1.29, 1.82) is 0 Å². The van der Waals surface area contributed by atoms with Crippen molar-refractivity contribution < 1.29 is 0 Å². The van der Waals surface area contributed by atoms with Crippen LogP contribution in [0.3, 0.4) is 0 Å². The second-order valence-electron chi connectivity index (χ2n) is 1.44. The normalized spacial score (nSPS) is 6.38. The van der Waals surface area contributed by atoms with Crippen molar-refractivity contribution in [1.82, 2.24) is 0 Å². The molecule has 0 amide bonds. The zero-order chi connectivity index (χ0) is 11.7. The molecule has 0 fully saturated rings. The Morgan fingerprint density at radius 2 is 1.23 bits per heavy atom. The molecule has 0 aromatic heterocycles. The molecule has 0 N–H and O–H groups in total. The molecule has 0 aromatic carbocycles. The van der Waals surface area contributed by atoms with Crippen LogP contribution in [0.5, 0.6) is 0 Å². The Kier molecular flexibility index (Phi) is 75.3. The molecule has 0 saturated carbocycles. The van der Waals surface area contributed by atoms with Gasteiger partial charge in [-0.2, -0.15) is 0 Å². The first kappa shape index (κ1) is 22.8. The molecule has 0 unspecified atom stereocenters. The maximum atomic E-state index is 3.66. The highest BCUT2D eigenvalue weighted by molar-refractivity contribution is 5.15. The summed E-state index contributed by atoms with van der Waals surface area (Å²) >= 11 is 0. The van der Waals surface area contributed by atoms with Crippen LogP contribution in [0.25, 0.3) is 0 Å². The lowest BCUT2D eigenvalue weighted by Gasteiger charge is -1.77. The van der Waals surface area contributed by atoms with E-state index in [0.29, 0.717) is 0 Å². The van der Waals surface area contributed by atoms with Crippen molar-refractivity contribution in [2.45, 2.75) is 48.5 Å². The van der Waals surface area contributed by atoms with Gasteiger partial charge in [-0.1, -0.05) is 78.5 Å². The lowest BCUT2D eigenvalue weighted by molar-refractivity contribution is 1.50. The Labute approximate surface area is 86.1 Å². The van der Waals surface area contributed by atoms with Gasteiger partial charge in [0.05, 0.1) is 0 Å². The van der Waals surface area contributed by atoms with Gasteiger partial charge < -0.3 is 0 Å². The summed E-state index contributed by atoms with van der Waals surface area (Å²) in [6.45, 7) is 21.1. The molecule has 0 nitrogen and oxygen atoms in total. The van der Waals surface area contributed by atoms with Gasteiger partial charge in [0.2, 0.25) is 0 Å². The fourth-order valence-electron chi connectivity index (χ4n) is 0.232. The highest BCUT2D eigenvalue weighted by Crippen LogP contribution is 1.86. The summed E-state index contributed by atoms with van der Waals surface area (Å²) in [6.07, 6.45) is 5.50. The van der Waals surface area contributed by atoms with Crippen LogP contribution in [-0.2, 0) is 0 Å². The minimum Gasteiger partial charge on any atom is -0.0991 e. The third-order valence-corrected chi connectivity index (χ3v) is 0.517. The van der Waals surface area contributed by atoms with E-state index in [9.17, 15) is 0 Å². The van der Waals surface area contributed by atoms with Crippen LogP contribution < -0.4 is 0 Å². The number of hydrogen-bond acceptors (Lipinski definition) is 0. The number of allylic oxidation sites excluding steroid dienone is 4. The first-order valence-corrected chi connectivity index (χ1v) is 5.22.